The highest BCUT2D eigenvalue weighted by atomic mass is 16.3. The Morgan fingerprint density at radius 2 is 2.12 bits per heavy atom. The molecule has 4 heteroatoms. The van der Waals surface area contributed by atoms with Crippen molar-refractivity contribution in [1.29, 1.82) is 0 Å². The van der Waals surface area contributed by atoms with Crippen molar-refractivity contribution in [1.82, 2.24) is 9.47 Å². The smallest absolute Gasteiger partial charge is 0.161 e. The van der Waals surface area contributed by atoms with Crippen LogP contribution in [0.25, 0.3) is 0 Å². The highest BCUT2D eigenvalue weighted by Crippen LogP contribution is 2.24. The summed E-state index contributed by atoms with van der Waals surface area (Å²) < 4.78 is 2.08. The molecule has 0 amide bonds. The molecule has 0 saturated carbocycles. The van der Waals surface area contributed by atoms with E-state index in [9.17, 15) is 9.90 Å². The van der Waals surface area contributed by atoms with Crippen LogP contribution in [0, 0.1) is 0 Å². The first kappa shape index (κ1) is 17.7. The van der Waals surface area contributed by atoms with Gasteiger partial charge in [0.05, 0.1) is 0 Å². The third kappa shape index (κ3) is 4.51. The standard InChI is InChI=1S/C21H28N2O2/c1-16(24)18-13-20(22(2)14-18)15-23-11-4-3-7-19(23)10-9-17-6-5-8-21(25)12-17/h5-6,8,12-14,19,25H,3-4,7,9-11,15H2,1-2H3. The fourth-order valence-electron chi connectivity index (χ4n) is 3.81. The van der Waals surface area contributed by atoms with Crippen LogP contribution in [-0.4, -0.2) is 32.9 Å². The van der Waals surface area contributed by atoms with E-state index in [4.69, 9.17) is 0 Å². The van der Waals surface area contributed by atoms with Gasteiger partial charge in [-0.3, -0.25) is 9.69 Å². The Bertz CT molecular complexity index is 735. The number of aromatic hydroxyl groups is 1. The van der Waals surface area contributed by atoms with Crippen molar-refractivity contribution in [2.24, 2.45) is 7.05 Å². The van der Waals surface area contributed by atoms with Crippen molar-refractivity contribution in [2.45, 2.75) is 51.6 Å². The van der Waals surface area contributed by atoms with E-state index in [1.54, 1.807) is 13.0 Å². The molecule has 2 heterocycles. The van der Waals surface area contributed by atoms with Gasteiger partial charge in [-0.1, -0.05) is 18.6 Å². The maximum atomic E-state index is 11.6. The molecule has 3 rings (SSSR count). The molecule has 1 aromatic carbocycles. The summed E-state index contributed by atoms with van der Waals surface area (Å²) in [5.74, 6) is 0.472. The number of likely N-dealkylation sites (tertiary alicyclic amines) is 1. The van der Waals surface area contributed by atoms with E-state index in [1.807, 2.05) is 31.4 Å². The van der Waals surface area contributed by atoms with Crippen LogP contribution in [0.4, 0.5) is 0 Å². The molecule has 4 nitrogen and oxygen atoms in total. The number of carbonyl (C=O) groups excluding carboxylic acids is 1. The molecule has 2 aromatic rings. The average Bonchev–Trinajstić information content (AvgIpc) is 2.95. The van der Waals surface area contributed by atoms with Gasteiger partial charge in [-0.15, -0.1) is 0 Å². The van der Waals surface area contributed by atoms with Gasteiger partial charge in [0.25, 0.3) is 0 Å². The second-order valence-corrected chi connectivity index (χ2v) is 7.22. The number of benzene rings is 1. The van der Waals surface area contributed by atoms with Crippen molar-refractivity contribution in [3.63, 3.8) is 0 Å². The quantitative estimate of drug-likeness (QED) is 0.811. The van der Waals surface area contributed by atoms with Crippen molar-refractivity contribution < 1.29 is 9.90 Å². The highest BCUT2D eigenvalue weighted by molar-refractivity contribution is 5.94. The number of nitrogens with zero attached hydrogens (tertiary/aromatic N) is 2. The number of aromatic nitrogens is 1. The Morgan fingerprint density at radius 3 is 2.84 bits per heavy atom. The Morgan fingerprint density at radius 1 is 1.28 bits per heavy atom. The summed E-state index contributed by atoms with van der Waals surface area (Å²) in [6, 6.07) is 10.2. The number of phenols is 1. The lowest BCUT2D eigenvalue weighted by Gasteiger charge is -2.36. The van der Waals surface area contributed by atoms with Crippen LogP contribution >= 0.6 is 0 Å². The highest BCUT2D eigenvalue weighted by Gasteiger charge is 2.23. The van der Waals surface area contributed by atoms with Gasteiger partial charge in [0.2, 0.25) is 0 Å². The molecule has 0 bridgehead atoms. The fourth-order valence-corrected chi connectivity index (χ4v) is 3.81. The summed E-state index contributed by atoms with van der Waals surface area (Å²) in [4.78, 5) is 14.2. The van der Waals surface area contributed by atoms with Gasteiger partial charge >= 0.3 is 0 Å². The van der Waals surface area contributed by atoms with Gasteiger partial charge < -0.3 is 9.67 Å². The normalized spacial score (nSPS) is 18.4. The Kier molecular flexibility index (Phi) is 5.59. The molecule has 134 valence electrons. The van der Waals surface area contributed by atoms with Crippen molar-refractivity contribution in [2.75, 3.05) is 6.54 Å². The molecule has 1 fully saturated rings. The first-order valence-corrected chi connectivity index (χ1v) is 9.21. The number of Topliss-reactive ketones (excluding diaryl/α,β-unsaturated/α-hetero) is 1. The van der Waals surface area contributed by atoms with E-state index in [0.717, 1.165) is 31.5 Å². The van der Waals surface area contributed by atoms with Crippen molar-refractivity contribution >= 4 is 5.78 Å². The number of hydrogen-bond acceptors (Lipinski definition) is 3. The second-order valence-electron chi connectivity index (χ2n) is 7.22. The number of hydrogen-bond donors (Lipinski definition) is 1. The van der Waals surface area contributed by atoms with Gasteiger partial charge in [-0.25, -0.2) is 0 Å². The topological polar surface area (TPSA) is 45.5 Å². The predicted molar refractivity (Wildman–Crippen MR) is 99.9 cm³/mol. The monoisotopic (exact) mass is 340 g/mol. The van der Waals surface area contributed by atoms with E-state index in [-0.39, 0.29) is 5.78 Å². The van der Waals surface area contributed by atoms with Gasteiger partial charge in [-0.05, 0) is 62.9 Å². The summed E-state index contributed by atoms with van der Waals surface area (Å²) in [7, 11) is 2.02. The van der Waals surface area contributed by atoms with Crippen LogP contribution in [-0.2, 0) is 20.0 Å². The zero-order valence-electron chi connectivity index (χ0n) is 15.2. The zero-order valence-corrected chi connectivity index (χ0v) is 15.2. The Hall–Kier alpha value is -2.07. The molecule has 1 N–H and O–H groups in total. The minimum absolute atomic E-state index is 0.126. The minimum atomic E-state index is 0.126. The summed E-state index contributed by atoms with van der Waals surface area (Å²) >= 11 is 0. The first-order valence-electron chi connectivity index (χ1n) is 9.21. The molecule has 0 aliphatic carbocycles. The maximum absolute atomic E-state index is 11.6. The van der Waals surface area contributed by atoms with Crippen LogP contribution in [0.3, 0.4) is 0 Å². The van der Waals surface area contributed by atoms with Gasteiger partial charge in [0.15, 0.2) is 5.78 Å². The van der Waals surface area contributed by atoms with Crippen LogP contribution in [0.5, 0.6) is 5.75 Å². The van der Waals surface area contributed by atoms with Crippen LogP contribution in [0.15, 0.2) is 36.5 Å². The van der Waals surface area contributed by atoms with E-state index in [0.29, 0.717) is 11.8 Å². The number of ketones is 1. The van der Waals surface area contributed by atoms with Gasteiger partial charge in [-0.2, -0.15) is 0 Å². The van der Waals surface area contributed by atoms with Crippen molar-refractivity contribution in [3.05, 3.63) is 53.3 Å². The zero-order chi connectivity index (χ0) is 17.8. The molecule has 1 unspecified atom stereocenters. The lowest BCUT2D eigenvalue weighted by Crippen LogP contribution is -2.39. The van der Waals surface area contributed by atoms with Crippen LogP contribution < -0.4 is 0 Å². The molecular weight excluding hydrogens is 312 g/mol. The third-order valence-electron chi connectivity index (χ3n) is 5.31. The first-order chi connectivity index (χ1) is 12.0. The summed E-state index contributed by atoms with van der Waals surface area (Å²) in [6.07, 6.45) is 7.78. The van der Waals surface area contributed by atoms with E-state index < -0.39 is 0 Å². The second kappa shape index (κ2) is 7.87. The fraction of sp³-hybridized carbons (Fsp3) is 0.476. The number of carbonyl (C=O) groups is 1. The molecule has 0 radical (unpaired) electrons. The molecule has 1 aromatic heterocycles. The van der Waals surface area contributed by atoms with Crippen molar-refractivity contribution in [3.8, 4) is 5.75 Å². The Balaban J connectivity index is 1.65. The predicted octanol–water partition coefficient (Wildman–Crippen LogP) is 3.92. The van der Waals surface area contributed by atoms with Gasteiger partial charge in [0.1, 0.15) is 5.75 Å². The maximum Gasteiger partial charge on any atom is 0.161 e. The number of piperidine rings is 1. The number of rotatable bonds is 6. The summed E-state index contributed by atoms with van der Waals surface area (Å²) in [5, 5.41) is 9.63. The molecule has 1 aliphatic rings. The van der Waals surface area contributed by atoms with Gasteiger partial charge in [0, 0.05) is 37.1 Å². The van der Waals surface area contributed by atoms with E-state index in [1.165, 1.54) is 30.5 Å². The molecule has 1 saturated heterocycles. The molecule has 1 atom stereocenters. The van der Waals surface area contributed by atoms with Crippen LogP contribution in [0.1, 0.15) is 54.2 Å². The summed E-state index contributed by atoms with van der Waals surface area (Å²) in [5.41, 5.74) is 3.20. The molecule has 0 spiro atoms. The minimum Gasteiger partial charge on any atom is -0.508 e. The average molecular weight is 340 g/mol. The molecule has 25 heavy (non-hydrogen) atoms. The largest absolute Gasteiger partial charge is 0.508 e. The number of aryl methyl sites for hydroxylation is 2. The van der Waals surface area contributed by atoms with E-state index in [2.05, 4.69) is 15.5 Å². The SMILES string of the molecule is CC(=O)c1cc(CN2CCCCC2CCc2cccc(O)c2)n(C)c1. The Labute approximate surface area is 150 Å². The van der Waals surface area contributed by atoms with E-state index >= 15 is 0 Å². The number of phenolic OH excluding ortho intramolecular Hbond substituents is 1. The lowest BCUT2D eigenvalue weighted by molar-refractivity contribution is 0.101. The summed E-state index contributed by atoms with van der Waals surface area (Å²) in [6.45, 7) is 3.64. The van der Waals surface area contributed by atoms with Crippen LogP contribution in [0.2, 0.25) is 0 Å². The molecular formula is C21H28N2O2. The lowest BCUT2D eigenvalue weighted by atomic mass is 9.95. The third-order valence-corrected chi connectivity index (χ3v) is 5.31. The molecule has 1 aliphatic heterocycles.